The fourth-order valence-electron chi connectivity index (χ4n) is 5.15. The summed E-state index contributed by atoms with van der Waals surface area (Å²) < 4.78 is 8.07. The van der Waals surface area contributed by atoms with Crippen LogP contribution in [0.4, 0.5) is 0 Å². The zero-order chi connectivity index (χ0) is 22.4. The molecule has 164 valence electrons. The highest BCUT2D eigenvalue weighted by molar-refractivity contribution is 5.95. The molecule has 3 heteroatoms. The van der Waals surface area contributed by atoms with Crippen molar-refractivity contribution in [2.24, 2.45) is 0 Å². The van der Waals surface area contributed by atoms with E-state index in [1.165, 1.54) is 65.4 Å². The van der Waals surface area contributed by atoms with E-state index in [2.05, 4.69) is 60.0 Å². The molecule has 2 aromatic carbocycles. The summed E-state index contributed by atoms with van der Waals surface area (Å²) in [6.07, 6.45) is 9.08. The van der Waals surface area contributed by atoms with Crippen LogP contribution in [-0.4, -0.2) is 18.5 Å². The summed E-state index contributed by atoms with van der Waals surface area (Å²) in [5.74, 6) is 1.61. The van der Waals surface area contributed by atoms with Gasteiger partial charge in [0.1, 0.15) is 12.5 Å². The van der Waals surface area contributed by atoms with Crippen molar-refractivity contribution in [1.82, 2.24) is 4.57 Å². The molecule has 0 atom stereocenters. The number of carbonyl (C=O) groups excluding carboxylic acids is 1. The second-order valence-electron chi connectivity index (χ2n) is 8.14. The van der Waals surface area contributed by atoms with E-state index in [1.807, 2.05) is 20.6 Å². The molecular weight excluding hydrogens is 382 g/mol. The number of aromatic nitrogens is 1. The number of ether oxygens (including phenoxy) is 1. The lowest BCUT2D eigenvalue weighted by Crippen LogP contribution is -2.07. The molecule has 1 aliphatic carbocycles. The van der Waals surface area contributed by atoms with E-state index in [0.717, 1.165) is 12.3 Å². The highest BCUT2D eigenvalue weighted by Crippen LogP contribution is 2.46. The van der Waals surface area contributed by atoms with Crippen molar-refractivity contribution in [3.63, 3.8) is 0 Å². The first-order valence-electron chi connectivity index (χ1n) is 11.5. The molecule has 2 aliphatic rings. The first kappa shape index (κ1) is 22.9. The topological polar surface area (TPSA) is 31.2 Å². The number of allylic oxidation sites excluding steroid dienone is 1. The molecule has 5 rings (SSSR count). The molecule has 1 aromatic heterocycles. The number of carbonyl (C=O) groups is 1. The van der Waals surface area contributed by atoms with E-state index >= 15 is 0 Å². The predicted octanol–water partition coefficient (Wildman–Crippen LogP) is 7.62. The van der Waals surface area contributed by atoms with Gasteiger partial charge in [0.15, 0.2) is 0 Å². The molecule has 3 aromatic rings. The van der Waals surface area contributed by atoms with Gasteiger partial charge in [0.05, 0.1) is 12.8 Å². The average Bonchev–Trinajstić information content (AvgIpc) is 3.07. The van der Waals surface area contributed by atoms with Crippen LogP contribution in [0.15, 0.2) is 48.0 Å². The van der Waals surface area contributed by atoms with Gasteiger partial charge < -0.3 is 14.1 Å². The van der Waals surface area contributed by atoms with Gasteiger partial charge in [-0.2, -0.15) is 0 Å². The van der Waals surface area contributed by atoms with Crippen molar-refractivity contribution in [3.8, 4) is 17.0 Å². The Morgan fingerprint density at radius 2 is 1.71 bits per heavy atom. The van der Waals surface area contributed by atoms with Crippen LogP contribution in [0, 0.1) is 0 Å². The largest absolute Gasteiger partial charge is 0.497 e. The predicted molar refractivity (Wildman–Crippen MR) is 132 cm³/mol. The summed E-state index contributed by atoms with van der Waals surface area (Å²) in [5.41, 5.74) is 8.42. The fourth-order valence-corrected chi connectivity index (χ4v) is 5.15. The molecule has 1 saturated carbocycles. The standard InChI is InChI=1S/C25H27NO.C2H6.CH2O/c1-17-14-19-15-20(27-2)12-13-21(19)25-24(18-8-4-3-5-9-18)22-10-6-7-11-23(22)26(25)16-17;2*1-2/h6-7,10-15,18H,3-5,8-9,16H2,1-2H3;1-2H3;1H2. The number of rotatable bonds is 2. The minimum atomic E-state index is 0.674. The van der Waals surface area contributed by atoms with Gasteiger partial charge in [0, 0.05) is 23.0 Å². The van der Waals surface area contributed by atoms with E-state index < -0.39 is 0 Å². The van der Waals surface area contributed by atoms with Crippen LogP contribution in [0.2, 0.25) is 0 Å². The van der Waals surface area contributed by atoms with Crippen LogP contribution < -0.4 is 4.74 Å². The van der Waals surface area contributed by atoms with Crippen LogP contribution in [0.3, 0.4) is 0 Å². The van der Waals surface area contributed by atoms with E-state index in [-0.39, 0.29) is 0 Å². The van der Waals surface area contributed by atoms with Crippen LogP contribution in [0.25, 0.3) is 28.2 Å². The first-order chi connectivity index (χ1) is 15.3. The number of hydrogen-bond donors (Lipinski definition) is 0. The van der Waals surface area contributed by atoms with Crippen LogP contribution >= 0.6 is 0 Å². The monoisotopic (exact) mass is 417 g/mol. The van der Waals surface area contributed by atoms with Gasteiger partial charge in [0.2, 0.25) is 0 Å². The number of methoxy groups -OCH3 is 1. The summed E-state index contributed by atoms with van der Waals surface area (Å²) in [6.45, 7) is 9.20. The fraction of sp³-hybridized carbons (Fsp3) is 0.393. The van der Waals surface area contributed by atoms with Crippen LogP contribution in [0.1, 0.15) is 69.9 Å². The molecule has 3 nitrogen and oxygen atoms in total. The Labute approximate surface area is 186 Å². The lowest BCUT2D eigenvalue weighted by atomic mass is 9.81. The van der Waals surface area contributed by atoms with Crippen molar-refractivity contribution >= 4 is 23.8 Å². The normalized spacial score (nSPS) is 15.3. The Bertz CT molecular complexity index is 1050. The second kappa shape index (κ2) is 10.5. The molecule has 31 heavy (non-hydrogen) atoms. The smallest absolute Gasteiger partial charge is 0.119 e. The van der Waals surface area contributed by atoms with Crippen molar-refractivity contribution < 1.29 is 9.53 Å². The summed E-state index contributed by atoms with van der Waals surface area (Å²) in [5, 5.41) is 1.45. The zero-order valence-electron chi connectivity index (χ0n) is 19.4. The maximum absolute atomic E-state index is 8.00. The number of fused-ring (bicyclic) bond motifs is 5. The number of benzene rings is 2. The third kappa shape index (κ3) is 4.32. The minimum Gasteiger partial charge on any atom is -0.497 e. The number of para-hydroxylation sites is 1. The van der Waals surface area contributed by atoms with E-state index in [4.69, 9.17) is 9.53 Å². The molecular formula is C28H35NO2. The molecule has 0 N–H and O–H groups in total. The lowest BCUT2D eigenvalue weighted by Gasteiger charge is -2.24. The zero-order valence-corrected chi connectivity index (χ0v) is 19.4. The van der Waals surface area contributed by atoms with E-state index in [0.29, 0.717) is 5.92 Å². The number of hydrogen-bond acceptors (Lipinski definition) is 2. The molecule has 1 fully saturated rings. The highest BCUT2D eigenvalue weighted by atomic mass is 16.5. The quantitative estimate of drug-likeness (QED) is 0.429. The Balaban J connectivity index is 0.000000645. The Morgan fingerprint density at radius 3 is 2.42 bits per heavy atom. The molecule has 0 radical (unpaired) electrons. The Morgan fingerprint density at radius 1 is 1.00 bits per heavy atom. The SMILES string of the molecule is C=O.CC.COc1ccc2c(c1)C=C(C)Cn1c-2c(C2CCCCC2)c2ccccc21. The third-order valence-corrected chi connectivity index (χ3v) is 6.35. The molecule has 2 heterocycles. The van der Waals surface area contributed by atoms with Crippen LogP contribution in [-0.2, 0) is 11.3 Å². The molecule has 0 unspecified atom stereocenters. The van der Waals surface area contributed by atoms with Gasteiger partial charge in [-0.1, -0.05) is 63.0 Å². The van der Waals surface area contributed by atoms with Crippen LogP contribution in [0.5, 0.6) is 5.75 Å². The van der Waals surface area contributed by atoms with Gasteiger partial charge in [-0.05, 0) is 61.1 Å². The van der Waals surface area contributed by atoms with E-state index in [1.54, 1.807) is 12.7 Å². The Kier molecular flexibility index (Phi) is 7.73. The Hall–Kier alpha value is -2.81. The van der Waals surface area contributed by atoms with E-state index in [9.17, 15) is 0 Å². The highest BCUT2D eigenvalue weighted by Gasteiger charge is 2.28. The van der Waals surface area contributed by atoms with Gasteiger partial charge in [-0.15, -0.1) is 0 Å². The molecule has 1 aliphatic heterocycles. The van der Waals surface area contributed by atoms with Gasteiger partial charge in [-0.25, -0.2) is 0 Å². The maximum atomic E-state index is 8.00. The molecule has 0 amide bonds. The molecule has 0 bridgehead atoms. The van der Waals surface area contributed by atoms with Crippen molar-refractivity contribution in [2.45, 2.75) is 65.3 Å². The minimum absolute atomic E-state index is 0.674. The third-order valence-electron chi connectivity index (χ3n) is 6.35. The summed E-state index contributed by atoms with van der Waals surface area (Å²) in [4.78, 5) is 8.00. The van der Waals surface area contributed by atoms with Gasteiger partial charge in [0.25, 0.3) is 0 Å². The van der Waals surface area contributed by atoms with Crippen molar-refractivity contribution in [2.75, 3.05) is 7.11 Å². The van der Waals surface area contributed by atoms with Crippen molar-refractivity contribution in [3.05, 3.63) is 59.2 Å². The maximum Gasteiger partial charge on any atom is 0.119 e. The van der Waals surface area contributed by atoms with Gasteiger partial charge >= 0.3 is 0 Å². The summed E-state index contributed by atoms with van der Waals surface area (Å²) >= 11 is 0. The summed E-state index contributed by atoms with van der Waals surface area (Å²) in [6, 6.07) is 15.6. The second-order valence-corrected chi connectivity index (χ2v) is 8.14. The molecule has 0 spiro atoms. The number of nitrogens with zero attached hydrogens (tertiary/aromatic N) is 1. The average molecular weight is 418 g/mol. The molecule has 0 saturated heterocycles. The lowest BCUT2D eigenvalue weighted by molar-refractivity contribution is -0.0979. The summed E-state index contributed by atoms with van der Waals surface area (Å²) in [7, 11) is 1.75. The first-order valence-corrected chi connectivity index (χ1v) is 11.5. The van der Waals surface area contributed by atoms with Gasteiger partial charge in [-0.3, -0.25) is 0 Å². The van der Waals surface area contributed by atoms with Crippen molar-refractivity contribution in [1.29, 1.82) is 0 Å².